The lowest BCUT2D eigenvalue weighted by Gasteiger charge is -2.35. The lowest BCUT2D eigenvalue weighted by atomic mass is 9.99. The molecular formula is C13H23N3O. The van der Waals surface area contributed by atoms with E-state index < -0.39 is 0 Å². The second-order valence-electron chi connectivity index (χ2n) is 4.85. The molecule has 1 aliphatic rings. The highest BCUT2D eigenvalue weighted by Crippen LogP contribution is 2.19. The van der Waals surface area contributed by atoms with Crippen molar-refractivity contribution in [3.63, 3.8) is 0 Å². The Morgan fingerprint density at radius 3 is 3.00 bits per heavy atom. The van der Waals surface area contributed by atoms with Gasteiger partial charge in [-0.25, -0.2) is 4.98 Å². The van der Waals surface area contributed by atoms with E-state index in [2.05, 4.69) is 14.5 Å². The number of nitrogens with zero attached hydrogens (tertiary/aromatic N) is 3. The average molecular weight is 237 g/mol. The van der Waals surface area contributed by atoms with Gasteiger partial charge >= 0.3 is 0 Å². The highest BCUT2D eigenvalue weighted by molar-refractivity contribution is 4.78. The number of aliphatic hydroxyl groups is 1. The zero-order valence-electron chi connectivity index (χ0n) is 10.5. The number of imidazole rings is 1. The van der Waals surface area contributed by atoms with Gasteiger partial charge in [-0.05, 0) is 32.2 Å². The summed E-state index contributed by atoms with van der Waals surface area (Å²) in [5.41, 5.74) is 0. The zero-order valence-corrected chi connectivity index (χ0v) is 10.5. The van der Waals surface area contributed by atoms with Crippen LogP contribution >= 0.6 is 0 Å². The van der Waals surface area contributed by atoms with Crippen LogP contribution in [0.4, 0.5) is 0 Å². The summed E-state index contributed by atoms with van der Waals surface area (Å²) in [6, 6.07) is 0.608. The van der Waals surface area contributed by atoms with E-state index >= 15 is 0 Å². The predicted octanol–water partition coefficient (Wildman–Crippen LogP) is 1.51. The minimum Gasteiger partial charge on any atom is -0.396 e. The summed E-state index contributed by atoms with van der Waals surface area (Å²) >= 11 is 0. The summed E-state index contributed by atoms with van der Waals surface area (Å²) in [7, 11) is 0. The minimum atomic E-state index is 0.322. The number of rotatable bonds is 6. The van der Waals surface area contributed by atoms with E-state index in [1.54, 1.807) is 0 Å². The number of piperidine rings is 1. The summed E-state index contributed by atoms with van der Waals surface area (Å²) in [6.07, 6.45) is 11.7. The number of likely N-dealkylation sites (tertiary alicyclic amines) is 1. The summed E-state index contributed by atoms with van der Waals surface area (Å²) in [6.45, 7) is 3.71. The van der Waals surface area contributed by atoms with Crippen LogP contribution in [0.3, 0.4) is 0 Å². The molecular weight excluding hydrogens is 214 g/mol. The standard InChI is InChI=1S/C13H23N3O/c17-11-5-13-4-1-2-8-16(13)9-3-7-15-10-6-14-12-15/h6,10,12-13,17H,1-5,7-9,11H2. The van der Waals surface area contributed by atoms with Crippen molar-refractivity contribution in [1.29, 1.82) is 0 Å². The van der Waals surface area contributed by atoms with Gasteiger partial charge in [0.15, 0.2) is 0 Å². The molecule has 17 heavy (non-hydrogen) atoms. The molecule has 0 aromatic carbocycles. The van der Waals surface area contributed by atoms with Gasteiger partial charge < -0.3 is 14.6 Å². The summed E-state index contributed by atoms with van der Waals surface area (Å²) in [5, 5.41) is 9.07. The van der Waals surface area contributed by atoms with E-state index in [1.807, 2.05) is 18.7 Å². The van der Waals surface area contributed by atoms with Crippen LogP contribution in [0, 0.1) is 0 Å². The smallest absolute Gasteiger partial charge is 0.0945 e. The maximum Gasteiger partial charge on any atom is 0.0945 e. The second-order valence-corrected chi connectivity index (χ2v) is 4.85. The zero-order chi connectivity index (χ0) is 11.9. The number of aromatic nitrogens is 2. The molecule has 0 amide bonds. The third kappa shape index (κ3) is 3.82. The molecule has 4 nitrogen and oxygen atoms in total. The first-order chi connectivity index (χ1) is 8.40. The molecule has 1 unspecified atom stereocenters. The van der Waals surface area contributed by atoms with Gasteiger partial charge in [-0.3, -0.25) is 0 Å². The third-order valence-corrected chi connectivity index (χ3v) is 3.63. The fourth-order valence-electron chi connectivity index (χ4n) is 2.71. The summed E-state index contributed by atoms with van der Waals surface area (Å²) < 4.78 is 2.13. The van der Waals surface area contributed by atoms with Crippen molar-refractivity contribution in [1.82, 2.24) is 14.5 Å². The topological polar surface area (TPSA) is 41.3 Å². The van der Waals surface area contributed by atoms with E-state index in [9.17, 15) is 0 Å². The van der Waals surface area contributed by atoms with E-state index in [1.165, 1.54) is 25.8 Å². The number of hydrogen-bond donors (Lipinski definition) is 1. The van der Waals surface area contributed by atoms with Gasteiger partial charge in [0, 0.05) is 38.1 Å². The normalized spacial score (nSPS) is 21.8. The molecule has 1 fully saturated rings. The average Bonchev–Trinajstić information content (AvgIpc) is 2.85. The number of aryl methyl sites for hydroxylation is 1. The number of aliphatic hydroxyl groups excluding tert-OH is 1. The van der Waals surface area contributed by atoms with Crippen LogP contribution < -0.4 is 0 Å². The Morgan fingerprint density at radius 1 is 1.29 bits per heavy atom. The van der Waals surface area contributed by atoms with Gasteiger partial charge in [0.2, 0.25) is 0 Å². The molecule has 0 bridgehead atoms. The molecule has 0 spiro atoms. The summed E-state index contributed by atoms with van der Waals surface area (Å²) in [5.74, 6) is 0. The molecule has 1 N–H and O–H groups in total. The van der Waals surface area contributed by atoms with Crippen molar-refractivity contribution in [3.8, 4) is 0 Å². The van der Waals surface area contributed by atoms with E-state index in [0.29, 0.717) is 12.6 Å². The van der Waals surface area contributed by atoms with Crippen molar-refractivity contribution in [2.45, 2.75) is 44.7 Å². The molecule has 4 heteroatoms. The maximum absolute atomic E-state index is 9.07. The molecule has 0 radical (unpaired) electrons. The molecule has 2 rings (SSSR count). The van der Waals surface area contributed by atoms with Gasteiger partial charge in [0.05, 0.1) is 6.33 Å². The molecule has 0 saturated carbocycles. The first-order valence-electron chi connectivity index (χ1n) is 6.71. The van der Waals surface area contributed by atoms with Crippen molar-refractivity contribution >= 4 is 0 Å². The number of hydrogen-bond acceptors (Lipinski definition) is 3. The Labute approximate surface area is 103 Å². The van der Waals surface area contributed by atoms with Gasteiger partial charge in [0.1, 0.15) is 0 Å². The molecule has 1 aliphatic heterocycles. The van der Waals surface area contributed by atoms with Crippen LogP contribution in [0.2, 0.25) is 0 Å². The molecule has 1 atom stereocenters. The Hall–Kier alpha value is -0.870. The van der Waals surface area contributed by atoms with Crippen LogP contribution in [0.15, 0.2) is 18.7 Å². The van der Waals surface area contributed by atoms with Crippen molar-refractivity contribution in [2.24, 2.45) is 0 Å². The Morgan fingerprint density at radius 2 is 2.24 bits per heavy atom. The molecule has 0 aliphatic carbocycles. The molecule has 2 heterocycles. The van der Waals surface area contributed by atoms with Crippen LogP contribution in [-0.2, 0) is 6.54 Å². The molecule has 1 saturated heterocycles. The van der Waals surface area contributed by atoms with Gasteiger partial charge in [-0.2, -0.15) is 0 Å². The van der Waals surface area contributed by atoms with Crippen molar-refractivity contribution in [2.75, 3.05) is 19.7 Å². The van der Waals surface area contributed by atoms with Crippen LogP contribution in [0.1, 0.15) is 32.1 Å². The van der Waals surface area contributed by atoms with Crippen molar-refractivity contribution < 1.29 is 5.11 Å². The van der Waals surface area contributed by atoms with E-state index in [4.69, 9.17) is 5.11 Å². The van der Waals surface area contributed by atoms with Gasteiger partial charge in [-0.1, -0.05) is 6.42 Å². The SMILES string of the molecule is OCCC1CCCCN1CCCn1ccnc1. The lowest BCUT2D eigenvalue weighted by molar-refractivity contribution is 0.116. The Bertz CT molecular complexity index is 298. The predicted molar refractivity (Wildman–Crippen MR) is 67.8 cm³/mol. The van der Waals surface area contributed by atoms with Gasteiger partial charge in [0.25, 0.3) is 0 Å². The Balaban J connectivity index is 1.72. The molecule has 1 aromatic rings. The first kappa shape index (κ1) is 12.6. The highest BCUT2D eigenvalue weighted by atomic mass is 16.3. The largest absolute Gasteiger partial charge is 0.396 e. The minimum absolute atomic E-state index is 0.322. The fourth-order valence-corrected chi connectivity index (χ4v) is 2.71. The Kier molecular flexibility index (Phi) is 5.01. The molecule has 1 aromatic heterocycles. The van der Waals surface area contributed by atoms with Crippen LogP contribution in [0.25, 0.3) is 0 Å². The highest BCUT2D eigenvalue weighted by Gasteiger charge is 2.20. The quantitative estimate of drug-likeness (QED) is 0.815. The van der Waals surface area contributed by atoms with E-state index in [-0.39, 0.29) is 0 Å². The second kappa shape index (κ2) is 6.77. The monoisotopic (exact) mass is 237 g/mol. The third-order valence-electron chi connectivity index (χ3n) is 3.63. The van der Waals surface area contributed by atoms with Crippen LogP contribution in [0.5, 0.6) is 0 Å². The summed E-state index contributed by atoms with van der Waals surface area (Å²) in [4.78, 5) is 6.60. The van der Waals surface area contributed by atoms with Crippen LogP contribution in [-0.4, -0.2) is 45.3 Å². The fraction of sp³-hybridized carbons (Fsp3) is 0.769. The maximum atomic E-state index is 9.07. The lowest BCUT2D eigenvalue weighted by Crippen LogP contribution is -2.40. The first-order valence-corrected chi connectivity index (χ1v) is 6.71. The molecule has 96 valence electrons. The van der Waals surface area contributed by atoms with E-state index in [0.717, 1.165) is 25.9 Å². The van der Waals surface area contributed by atoms with Crippen molar-refractivity contribution in [3.05, 3.63) is 18.7 Å². The van der Waals surface area contributed by atoms with Gasteiger partial charge in [-0.15, -0.1) is 0 Å².